The molecular weight excluding hydrogens is 262 g/mol. The smallest absolute Gasteiger partial charge is 0.119 e. The molecule has 3 rings (SSSR count). The van der Waals surface area contributed by atoms with Gasteiger partial charge in [0.05, 0.1) is 6.61 Å². The van der Waals surface area contributed by atoms with Crippen molar-refractivity contribution in [2.45, 2.75) is 25.4 Å². The van der Waals surface area contributed by atoms with Gasteiger partial charge in [-0.2, -0.15) is 0 Å². The fourth-order valence-electron chi connectivity index (χ4n) is 2.39. The maximum Gasteiger partial charge on any atom is 0.119 e. The predicted octanol–water partition coefficient (Wildman–Crippen LogP) is 3.37. The van der Waals surface area contributed by atoms with Crippen molar-refractivity contribution in [1.82, 2.24) is 0 Å². The Labute approximate surface area is 125 Å². The summed E-state index contributed by atoms with van der Waals surface area (Å²) in [6.07, 6.45) is 0.288. The number of nitrogens with two attached hydrogens (primary N) is 1. The molecule has 0 saturated carbocycles. The second-order valence-corrected chi connectivity index (χ2v) is 6.04. The number of ether oxygens (including phenoxy) is 2. The molecule has 1 atom stereocenters. The topological polar surface area (TPSA) is 47.8 Å². The average Bonchev–Trinajstić information content (AvgIpc) is 3.30. The van der Waals surface area contributed by atoms with E-state index in [2.05, 4.69) is 38.1 Å². The minimum absolute atomic E-state index is 0.0637. The van der Waals surface area contributed by atoms with Gasteiger partial charge in [-0.05, 0) is 35.4 Å². The van der Waals surface area contributed by atoms with Crippen LogP contribution in [-0.4, -0.2) is 19.3 Å². The Morgan fingerprint density at radius 1 is 1.05 bits per heavy atom. The van der Waals surface area contributed by atoms with E-state index in [4.69, 9.17) is 15.2 Å². The molecule has 1 unspecified atom stereocenters. The van der Waals surface area contributed by atoms with Crippen LogP contribution in [-0.2, 0) is 10.2 Å². The van der Waals surface area contributed by atoms with Crippen LogP contribution in [0.3, 0.4) is 0 Å². The lowest BCUT2D eigenvalue weighted by Crippen LogP contribution is -2.18. The third-order valence-electron chi connectivity index (χ3n) is 4.05. The van der Waals surface area contributed by atoms with E-state index in [-0.39, 0.29) is 11.5 Å². The molecule has 3 heteroatoms. The van der Waals surface area contributed by atoms with E-state index < -0.39 is 0 Å². The molecule has 110 valence electrons. The molecule has 0 aliphatic carbocycles. The summed E-state index contributed by atoms with van der Waals surface area (Å²) in [5, 5.41) is 0. The first-order chi connectivity index (χ1) is 10.1. The van der Waals surface area contributed by atoms with Gasteiger partial charge in [-0.1, -0.05) is 38.1 Å². The van der Waals surface area contributed by atoms with Crippen molar-refractivity contribution in [2.75, 3.05) is 18.9 Å². The van der Waals surface area contributed by atoms with E-state index in [1.807, 2.05) is 24.3 Å². The van der Waals surface area contributed by atoms with Gasteiger partial charge in [-0.3, -0.25) is 0 Å². The van der Waals surface area contributed by atoms with E-state index in [0.717, 1.165) is 18.0 Å². The fourth-order valence-corrected chi connectivity index (χ4v) is 2.39. The lowest BCUT2D eigenvalue weighted by molar-refractivity contribution is 0.263. The third-order valence-corrected chi connectivity index (χ3v) is 4.05. The highest BCUT2D eigenvalue weighted by Crippen LogP contribution is 2.32. The van der Waals surface area contributed by atoms with Crippen LogP contribution < -0.4 is 10.5 Å². The van der Waals surface area contributed by atoms with Crippen molar-refractivity contribution >= 4 is 5.69 Å². The Morgan fingerprint density at radius 2 is 1.57 bits per heavy atom. The lowest BCUT2D eigenvalue weighted by Gasteiger charge is -2.26. The summed E-state index contributed by atoms with van der Waals surface area (Å²) in [6, 6.07) is 16.4. The quantitative estimate of drug-likeness (QED) is 0.676. The zero-order chi connectivity index (χ0) is 14.9. The Morgan fingerprint density at radius 3 is 2.10 bits per heavy atom. The van der Waals surface area contributed by atoms with Crippen molar-refractivity contribution in [3.63, 3.8) is 0 Å². The predicted molar refractivity (Wildman–Crippen MR) is 84.7 cm³/mol. The molecule has 1 fully saturated rings. The third kappa shape index (κ3) is 3.19. The molecule has 2 N–H and O–H groups in total. The molecule has 21 heavy (non-hydrogen) atoms. The summed E-state index contributed by atoms with van der Waals surface area (Å²) in [4.78, 5) is 0. The second-order valence-electron chi connectivity index (χ2n) is 6.04. The van der Waals surface area contributed by atoms with Crippen LogP contribution in [0.5, 0.6) is 5.75 Å². The molecule has 1 heterocycles. The minimum Gasteiger partial charge on any atom is -0.491 e. The molecule has 2 aromatic carbocycles. The molecule has 0 radical (unpaired) electrons. The van der Waals surface area contributed by atoms with Crippen molar-refractivity contribution in [3.05, 3.63) is 59.7 Å². The van der Waals surface area contributed by atoms with Gasteiger partial charge < -0.3 is 15.2 Å². The van der Waals surface area contributed by atoms with Crippen LogP contribution in [0, 0.1) is 0 Å². The lowest BCUT2D eigenvalue weighted by atomic mass is 9.78. The van der Waals surface area contributed by atoms with Crippen molar-refractivity contribution < 1.29 is 9.47 Å². The maximum absolute atomic E-state index is 5.76. The van der Waals surface area contributed by atoms with Gasteiger partial charge in [0.2, 0.25) is 0 Å². The number of nitrogen functional groups attached to an aromatic ring is 1. The number of epoxide rings is 1. The highest BCUT2D eigenvalue weighted by Gasteiger charge is 2.24. The van der Waals surface area contributed by atoms with Gasteiger partial charge in [0, 0.05) is 11.1 Å². The van der Waals surface area contributed by atoms with Crippen molar-refractivity contribution in [3.8, 4) is 5.75 Å². The van der Waals surface area contributed by atoms with Crippen LogP contribution in [0.1, 0.15) is 25.0 Å². The largest absolute Gasteiger partial charge is 0.491 e. The Bertz CT molecular complexity index is 598. The molecule has 0 aromatic heterocycles. The molecule has 2 aromatic rings. The number of benzene rings is 2. The number of hydrogen-bond donors (Lipinski definition) is 1. The summed E-state index contributed by atoms with van der Waals surface area (Å²) in [5.41, 5.74) is 8.99. The van der Waals surface area contributed by atoms with E-state index in [9.17, 15) is 0 Å². The highest BCUT2D eigenvalue weighted by atomic mass is 16.6. The summed E-state index contributed by atoms with van der Waals surface area (Å²) >= 11 is 0. The first-order valence-corrected chi connectivity index (χ1v) is 7.27. The monoisotopic (exact) mass is 283 g/mol. The van der Waals surface area contributed by atoms with Gasteiger partial charge in [0.15, 0.2) is 0 Å². The van der Waals surface area contributed by atoms with E-state index >= 15 is 0 Å². The van der Waals surface area contributed by atoms with Gasteiger partial charge >= 0.3 is 0 Å². The van der Waals surface area contributed by atoms with Crippen LogP contribution in [0.15, 0.2) is 48.5 Å². The summed E-state index contributed by atoms with van der Waals surface area (Å²) in [7, 11) is 0. The molecule has 0 amide bonds. The van der Waals surface area contributed by atoms with E-state index in [1.165, 1.54) is 11.1 Å². The van der Waals surface area contributed by atoms with Crippen LogP contribution in [0.4, 0.5) is 5.69 Å². The number of hydrogen-bond acceptors (Lipinski definition) is 3. The van der Waals surface area contributed by atoms with Gasteiger partial charge in [0.1, 0.15) is 18.5 Å². The fraction of sp³-hybridized carbons (Fsp3) is 0.333. The Balaban J connectivity index is 1.76. The Kier molecular flexibility index (Phi) is 3.60. The molecule has 1 aliphatic heterocycles. The molecule has 1 aliphatic rings. The first-order valence-electron chi connectivity index (χ1n) is 7.27. The SMILES string of the molecule is CC(C)(c1ccc(N)cc1)c1ccc(OCC2CO2)cc1. The highest BCUT2D eigenvalue weighted by molar-refractivity contribution is 5.45. The van der Waals surface area contributed by atoms with E-state index in [1.54, 1.807) is 0 Å². The summed E-state index contributed by atoms with van der Waals surface area (Å²) in [5.74, 6) is 0.891. The van der Waals surface area contributed by atoms with Gasteiger partial charge in [0.25, 0.3) is 0 Å². The minimum atomic E-state index is -0.0637. The van der Waals surface area contributed by atoms with Crippen molar-refractivity contribution in [1.29, 1.82) is 0 Å². The summed E-state index contributed by atoms with van der Waals surface area (Å²) < 4.78 is 10.8. The molecule has 0 bridgehead atoms. The second kappa shape index (κ2) is 5.41. The van der Waals surface area contributed by atoms with E-state index in [0.29, 0.717) is 6.61 Å². The molecule has 3 nitrogen and oxygen atoms in total. The maximum atomic E-state index is 5.76. The molecule has 1 saturated heterocycles. The van der Waals surface area contributed by atoms with Crippen LogP contribution in [0.2, 0.25) is 0 Å². The van der Waals surface area contributed by atoms with Crippen molar-refractivity contribution in [2.24, 2.45) is 0 Å². The summed E-state index contributed by atoms with van der Waals surface area (Å²) in [6.45, 7) is 5.89. The van der Waals surface area contributed by atoms with Gasteiger partial charge in [-0.25, -0.2) is 0 Å². The normalized spacial score (nSPS) is 17.5. The first kappa shape index (κ1) is 14.0. The number of anilines is 1. The Hall–Kier alpha value is -2.00. The van der Waals surface area contributed by atoms with Crippen LogP contribution in [0.25, 0.3) is 0 Å². The molecule has 0 spiro atoms. The number of rotatable bonds is 5. The van der Waals surface area contributed by atoms with Crippen LogP contribution >= 0.6 is 0 Å². The zero-order valence-electron chi connectivity index (χ0n) is 12.5. The zero-order valence-corrected chi connectivity index (χ0v) is 12.5. The molecular formula is C18H21NO2. The standard InChI is InChI=1S/C18H21NO2/c1-18(2,13-3-7-15(19)8-4-13)14-5-9-16(10-6-14)20-11-17-12-21-17/h3-10,17H,11-12,19H2,1-2H3. The van der Waals surface area contributed by atoms with Gasteiger partial charge in [-0.15, -0.1) is 0 Å². The average molecular weight is 283 g/mol.